The lowest BCUT2D eigenvalue weighted by atomic mass is 10.2. The maximum Gasteiger partial charge on any atom is 0.341 e. The first-order chi connectivity index (χ1) is 11.1. The zero-order chi connectivity index (χ0) is 17.0. The number of carboxylic acids is 1. The second-order valence-electron chi connectivity index (χ2n) is 4.54. The Labute approximate surface area is 137 Å². The molecule has 3 rings (SSSR count). The smallest absolute Gasteiger partial charge is 0.341 e. The van der Waals surface area contributed by atoms with Crippen molar-refractivity contribution in [1.29, 1.82) is 0 Å². The maximum atomic E-state index is 12.3. The third-order valence-electron chi connectivity index (χ3n) is 3.24. The van der Waals surface area contributed by atoms with Crippen LogP contribution in [-0.4, -0.2) is 20.7 Å². The van der Waals surface area contributed by atoms with Crippen LogP contribution < -0.4 is 5.56 Å². The molecule has 2 N–H and O–H groups in total. The number of aromatic carboxylic acids is 1. The van der Waals surface area contributed by atoms with Gasteiger partial charge >= 0.3 is 5.97 Å². The van der Waals surface area contributed by atoms with Gasteiger partial charge in [-0.3, -0.25) is 9.36 Å². The first-order valence-corrected chi connectivity index (χ1v) is 8.07. The summed E-state index contributed by atoms with van der Waals surface area (Å²) in [7, 11) is 0. The van der Waals surface area contributed by atoms with Crippen LogP contribution in [-0.2, 0) is 6.54 Å². The maximum absolute atomic E-state index is 12.3. The van der Waals surface area contributed by atoms with Crippen molar-refractivity contribution in [3.8, 4) is 5.75 Å². The van der Waals surface area contributed by atoms with E-state index in [9.17, 15) is 19.8 Å². The number of pyridine rings is 1. The molecule has 2 aromatic heterocycles. The van der Waals surface area contributed by atoms with E-state index < -0.39 is 17.3 Å². The standard InChI is InChI=1S/C15H11NO4S.C2H6/c17-12-11(15(19)20)13-10(6-7-21-13)16(14(12)18)8-9-4-2-1-3-5-9;1-2/h1-7,17H,8H2,(H,19,20);1-2H3. The zero-order valence-corrected chi connectivity index (χ0v) is 13.6. The summed E-state index contributed by atoms with van der Waals surface area (Å²) in [6.07, 6.45) is 0. The number of thiophene rings is 1. The number of carboxylic acid groups (broad SMARTS) is 1. The molecule has 23 heavy (non-hydrogen) atoms. The van der Waals surface area contributed by atoms with Crippen molar-refractivity contribution in [3.63, 3.8) is 0 Å². The topological polar surface area (TPSA) is 79.5 Å². The average Bonchev–Trinajstić information content (AvgIpc) is 3.03. The Hall–Kier alpha value is -2.60. The molecular formula is C17H17NO4S. The predicted octanol–water partition coefficient (Wildman–Crippen LogP) is 3.54. The van der Waals surface area contributed by atoms with Crippen LogP contribution in [0.25, 0.3) is 10.2 Å². The summed E-state index contributed by atoms with van der Waals surface area (Å²) in [4.78, 5) is 23.5. The quantitative estimate of drug-likeness (QED) is 0.769. The third-order valence-corrected chi connectivity index (χ3v) is 4.17. The van der Waals surface area contributed by atoms with Crippen molar-refractivity contribution in [1.82, 2.24) is 4.57 Å². The fourth-order valence-electron chi connectivity index (χ4n) is 2.28. The highest BCUT2D eigenvalue weighted by molar-refractivity contribution is 7.17. The van der Waals surface area contributed by atoms with Gasteiger partial charge < -0.3 is 10.2 Å². The largest absolute Gasteiger partial charge is 0.502 e. The lowest BCUT2D eigenvalue weighted by Gasteiger charge is -2.10. The highest BCUT2D eigenvalue weighted by atomic mass is 32.1. The number of fused-ring (bicyclic) bond motifs is 1. The summed E-state index contributed by atoms with van der Waals surface area (Å²) < 4.78 is 1.79. The monoisotopic (exact) mass is 331 g/mol. The van der Waals surface area contributed by atoms with Crippen LogP contribution in [0, 0.1) is 0 Å². The Morgan fingerprint density at radius 1 is 1.17 bits per heavy atom. The van der Waals surface area contributed by atoms with E-state index in [2.05, 4.69) is 0 Å². The number of nitrogens with zero attached hydrogens (tertiary/aromatic N) is 1. The molecule has 0 saturated carbocycles. The van der Waals surface area contributed by atoms with Crippen LogP contribution >= 0.6 is 11.3 Å². The number of benzene rings is 1. The first kappa shape index (κ1) is 16.8. The van der Waals surface area contributed by atoms with Gasteiger partial charge in [-0.2, -0.15) is 0 Å². The SMILES string of the molecule is CC.O=C(O)c1c(O)c(=O)n(Cc2ccccc2)c2ccsc12. The molecule has 0 aliphatic heterocycles. The van der Waals surface area contributed by atoms with Crippen molar-refractivity contribution in [2.45, 2.75) is 20.4 Å². The second kappa shape index (κ2) is 7.11. The minimum atomic E-state index is -1.30. The summed E-state index contributed by atoms with van der Waals surface area (Å²) in [6, 6.07) is 11.0. The number of rotatable bonds is 3. The molecule has 2 heterocycles. The van der Waals surface area contributed by atoms with Gasteiger partial charge in [-0.25, -0.2) is 4.79 Å². The summed E-state index contributed by atoms with van der Waals surface area (Å²) in [5.74, 6) is -2.02. The molecule has 6 heteroatoms. The molecule has 0 aliphatic carbocycles. The van der Waals surface area contributed by atoms with Gasteiger partial charge in [0.05, 0.1) is 16.8 Å². The molecule has 120 valence electrons. The molecule has 1 aromatic carbocycles. The van der Waals surface area contributed by atoms with Gasteiger partial charge in [0, 0.05) is 0 Å². The van der Waals surface area contributed by atoms with Gasteiger partial charge in [-0.05, 0) is 17.0 Å². The van der Waals surface area contributed by atoms with Crippen molar-refractivity contribution >= 4 is 27.5 Å². The van der Waals surface area contributed by atoms with Crippen LogP contribution in [0.2, 0.25) is 0 Å². The van der Waals surface area contributed by atoms with E-state index in [1.54, 1.807) is 11.4 Å². The van der Waals surface area contributed by atoms with Crippen molar-refractivity contribution in [2.75, 3.05) is 0 Å². The van der Waals surface area contributed by atoms with Crippen molar-refractivity contribution in [2.24, 2.45) is 0 Å². The van der Waals surface area contributed by atoms with Crippen molar-refractivity contribution < 1.29 is 15.0 Å². The molecule has 0 spiro atoms. The van der Waals surface area contributed by atoms with Gasteiger partial charge in [0.15, 0.2) is 5.75 Å². The normalized spacial score (nSPS) is 10.2. The molecule has 0 radical (unpaired) electrons. The summed E-state index contributed by atoms with van der Waals surface area (Å²) in [5, 5.41) is 20.8. The van der Waals surface area contributed by atoms with E-state index in [1.807, 2.05) is 44.2 Å². The molecule has 3 aromatic rings. The Kier molecular flexibility index (Phi) is 5.18. The minimum Gasteiger partial charge on any atom is -0.502 e. The number of hydrogen-bond donors (Lipinski definition) is 2. The molecule has 0 fully saturated rings. The van der Waals surface area contributed by atoms with E-state index in [1.165, 1.54) is 15.9 Å². The van der Waals surface area contributed by atoms with Crippen LogP contribution in [0.3, 0.4) is 0 Å². The molecule has 0 aliphatic rings. The van der Waals surface area contributed by atoms with Gasteiger partial charge in [0.1, 0.15) is 5.56 Å². The van der Waals surface area contributed by atoms with Gasteiger partial charge in [-0.15, -0.1) is 11.3 Å². The lowest BCUT2D eigenvalue weighted by molar-refractivity contribution is 0.0695. The average molecular weight is 331 g/mol. The zero-order valence-electron chi connectivity index (χ0n) is 12.8. The second-order valence-corrected chi connectivity index (χ2v) is 5.46. The van der Waals surface area contributed by atoms with Crippen LogP contribution in [0.5, 0.6) is 5.75 Å². The molecule has 0 saturated heterocycles. The number of aromatic hydroxyl groups is 1. The van der Waals surface area contributed by atoms with Crippen molar-refractivity contribution in [3.05, 3.63) is 63.3 Å². The highest BCUT2D eigenvalue weighted by Crippen LogP contribution is 2.29. The first-order valence-electron chi connectivity index (χ1n) is 7.19. The highest BCUT2D eigenvalue weighted by Gasteiger charge is 2.22. The van der Waals surface area contributed by atoms with Crippen LogP contribution in [0.1, 0.15) is 29.8 Å². The molecule has 5 nitrogen and oxygen atoms in total. The fourth-order valence-corrected chi connectivity index (χ4v) is 3.21. The van der Waals surface area contributed by atoms with E-state index in [0.29, 0.717) is 10.2 Å². The summed E-state index contributed by atoms with van der Waals surface area (Å²) in [6.45, 7) is 4.28. The molecular weight excluding hydrogens is 314 g/mol. The van der Waals surface area contributed by atoms with Gasteiger partial charge in [0.2, 0.25) is 0 Å². The number of hydrogen-bond acceptors (Lipinski definition) is 4. The van der Waals surface area contributed by atoms with E-state index in [0.717, 1.165) is 5.56 Å². The predicted molar refractivity (Wildman–Crippen MR) is 91.6 cm³/mol. The number of aromatic nitrogens is 1. The fraction of sp³-hybridized carbons (Fsp3) is 0.176. The summed E-state index contributed by atoms with van der Waals surface area (Å²) >= 11 is 1.19. The van der Waals surface area contributed by atoms with E-state index in [4.69, 9.17) is 0 Å². The third kappa shape index (κ3) is 3.12. The molecule has 0 bridgehead atoms. The Morgan fingerprint density at radius 2 is 1.83 bits per heavy atom. The Balaban J connectivity index is 0.000000924. The Morgan fingerprint density at radius 3 is 2.43 bits per heavy atom. The van der Waals surface area contributed by atoms with Gasteiger partial charge in [-0.1, -0.05) is 44.2 Å². The molecule has 0 unspecified atom stereocenters. The Bertz CT molecular complexity index is 881. The lowest BCUT2D eigenvalue weighted by Crippen LogP contribution is -2.22. The summed E-state index contributed by atoms with van der Waals surface area (Å²) in [5.41, 5.74) is 0.398. The number of carbonyl (C=O) groups is 1. The molecule has 0 atom stereocenters. The van der Waals surface area contributed by atoms with Crippen LogP contribution in [0.15, 0.2) is 46.6 Å². The van der Waals surface area contributed by atoms with E-state index in [-0.39, 0.29) is 12.1 Å². The van der Waals surface area contributed by atoms with Gasteiger partial charge in [0.25, 0.3) is 5.56 Å². The van der Waals surface area contributed by atoms with E-state index >= 15 is 0 Å². The molecule has 0 amide bonds. The van der Waals surface area contributed by atoms with Crippen LogP contribution in [0.4, 0.5) is 0 Å². The minimum absolute atomic E-state index is 0.278.